The number of carbonyl (C=O) groups excluding carboxylic acids is 1. The van der Waals surface area contributed by atoms with E-state index < -0.39 is 16.9 Å². The number of rotatable bonds is 6. The van der Waals surface area contributed by atoms with Crippen LogP contribution in [-0.4, -0.2) is 22.1 Å². The van der Waals surface area contributed by atoms with E-state index in [0.29, 0.717) is 43.3 Å². The number of aromatic nitrogens is 1. The Labute approximate surface area is 233 Å². The molecule has 4 aromatic rings. The van der Waals surface area contributed by atoms with Crippen LogP contribution < -0.4 is 14.9 Å². The summed E-state index contributed by atoms with van der Waals surface area (Å²) in [6.45, 7) is 9.17. The number of nitro benzene ring substituents is 1. The maximum atomic E-state index is 13.8. The van der Waals surface area contributed by atoms with Gasteiger partial charge >= 0.3 is 5.97 Å². The van der Waals surface area contributed by atoms with E-state index in [1.807, 2.05) is 44.2 Å². The van der Waals surface area contributed by atoms with E-state index >= 15 is 0 Å². The Morgan fingerprint density at radius 3 is 2.55 bits per heavy atom. The van der Waals surface area contributed by atoms with Crippen molar-refractivity contribution in [1.29, 1.82) is 0 Å². The molecule has 2 aromatic heterocycles. The molecule has 10 heteroatoms. The van der Waals surface area contributed by atoms with Crippen molar-refractivity contribution in [3.05, 3.63) is 118 Å². The molecule has 0 unspecified atom stereocenters. The molecule has 9 nitrogen and oxygen atoms in total. The predicted molar refractivity (Wildman–Crippen MR) is 152 cm³/mol. The predicted octanol–water partition coefficient (Wildman–Crippen LogP) is 4.89. The highest BCUT2D eigenvalue weighted by Gasteiger charge is 2.33. The minimum absolute atomic E-state index is 0.0186. The van der Waals surface area contributed by atoms with Gasteiger partial charge in [-0.1, -0.05) is 41.2 Å². The van der Waals surface area contributed by atoms with Gasteiger partial charge in [0.05, 0.1) is 33.4 Å². The number of hydrogen-bond donors (Lipinski definition) is 0. The molecular weight excluding hydrogens is 530 g/mol. The lowest BCUT2D eigenvalue weighted by Gasteiger charge is -2.24. The number of nitro groups is 1. The molecule has 0 saturated carbocycles. The van der Waals surface area contributed by atoms with E-state index in [9.17, 15) is 19.7 Å². The lowest BCUT2D eigenvalue weighted by Crippen LogP contribution is -2.39. The summed E-state index contributed by atoms with van der Waals surface area (Å²) < 4.78 is 13.2. The van der Waals surface area contributed by atoms with Crippen LogP contribution in [-0.2, 0) is 9.53 Å². The monoisotopic (exact) mass is 557 g/mol. The fraction of sp³-hybridized carbons (Fsp3) is 0.233. The smallest absolute Gasteiger partial charge is 0.338 e. The summed E-state index contributed by atoms with van der Waals surface area (Å²) in [4.78, 5) is 42.9. The standard InChI is InChI=1S/C30H27N3O6S/c1-6-38-29(35)26-19(5)31-30-32(27(26)20-9-7-16(2)8-10-20)28(34)25(40-30)15-22-11-12-24(39-22)21-13-17(3)18(4)23(14-21)33(36)37/h7-15,27H,6H2,1-5H3/b25-15-/t27-/m0/s1. The van der Waals surface area contributed by atoms with Gasteiger partial charge in [0.1, 0.15) is 11.5 Å². The highest BCUT2D eigenvalue weighted by atomic mass is 32.1. The number of aryl methyl sites for hydroxylation is 2. The second-order valence-electron chi connectivity index (χ2n) is 9.61. The third kappa shape index (κ3) is 4.82. The van der Waals surface area contributed by atoms with Crippen LogP contribution in [0.5, 0.6) is 0 Å². The molecule has 0 amide bonds. The summed E-state index contributed by atoms with van der Waals surface area (Å²) >= 11 is 1.20. The van der Waals surface area contributed by atoms with Crippen molar-refractivity contribution < 1.29 is 18.9 Å². The van der Waals surface area contributed by atoms with E-state index in [2.05, 4.69) is 4.99 Å². The number of ether oxygens (including phenoxy) is 1. The van der Waals surface area contributed by atoms with E-state index in [1.54, 1.807) is 39.0 Å². The first kappa shape index (κ1) is 27.0. The van der Waals surface area contributed by atoms with Crippen molar-refractivity contribution in [2.75, 3.05) is 6.61 Å². The molecule has 2 aromatic carbocycles. The van der Waals surface area contributed by atoms with Crippen LogP contribution in [0.15, 0.2) is 74.0 Å². The summed E-state index contributed by atoms with van der Waals surface area (Å²) in [6, 6.07) is 13.7. The van der Waals surface area contributed by atoms with Crippen LogP contribution in [0.25, 0.3) is 17.4 Å². The summed E-state index contributed by atoms with van der Waals surface area (Å²) in [5, 5.41) is 11.5. The zero-order chi connectivity index (χ0) is 28.7. The molecule has 1 aliphatic heterocycles. The molecule has 5 rings (SSSR count). The van der Waals surface area contributed by atoms with Crippen LogP contribution in [0.2, 0.25) is 0 Å². The molecule has 0 aliphatic carbocycles. The van der Waals surface area contributed by atoms with Gasteiger partial charge in [-0.3, -0.25) is 19.5 Å². The van der Waals surface area contributed by atoms with Gasteiger partial charge < -0.3 is 9.15 Å². The fourth-order valence-corrected chi connectivity index (χ4v) is 5.77. The Kier molecular flexibility index (Phi) is 7.12. The minimum Gasteiger partial charge on any atom is -0.463 e. The number of furan rings is 1. The number of allylic oxidation sites excluding steroid dienone is 1. The molecule has 0 fully saturated rings. The second kappa shape index (κ2) is 10.5. The van der Waals surface area contributed by atoms with Crippen molar-refractivity contribution in [2.45, 2.75) is 40.7 Å². The van der Waals surface area contributed by atoms with Crippen LogP contribution in [0.3, 0.4) is 0 Å². The van der Waals surface area contributed by atoms with Crippen molar-refractivity contribution in [2.24, 2.45) is 4.99 Å². The van der Waals surface area contributed by atoms with Crippen molar-refractivity contribution in [3.63, 3.8) is 0 Å². The normalized spacial score (nSPS) is 15.1. The third-order valence-corrected chi connectivity index (χ3v) is 7.91. The van der Waals surface area contributed by atoms with E-state index in [0.717, 1.165) is 16.7 Å². The Balaban J connectivity index is 1.62. The van der Waals surface area contributed by atoms with Gasteiger partial charge in [-0.25, -0.2) is 9.79 Å². The maximum Gasteiger partial charge on any atom is 0.338 e. The minimum atomic E-state index is -0.693. The number of esters is 1. The Bertz CT molecular complexity index is 1880. The van der Waals surface area contributed by atoms with Crippen LogP contribution >= 0.6 is 11.3 Å². The lowest BCUT2D eigenvalue weighted by molar-refractivity contribution is -0.385. The average molecular weight is 558 g/mol. The Morgan fingerprint density at radius 1 is 1.15 bits per heavy atom. The van der Waals surface area contributed by atoms with Gasteiger partial charge in [0, 0.05) is 23.3 Å². The van der Waals surface area contributed by atoms with Crippen LogP contribution in [0.4, 0.5) is 5.69 Å². The summed E-state index contributed by atoms with van der Waals surface area (Å²) in [6.07, 6.45) is 1.62. The molecule has 40 heavy (non-hydrogen) atoms. The van der Waals surface area contributed by atoms with Gasteiger partial charge in [0.2, 0.25) is 0 Å². The summed E-state index contributed by atoms with van der Waals surface area (Å²) in [5.41, 5.74) is 4.29. The van der Waals surface area contributed by atoms with E-state index in [-0.39, 0.29) is 17.9 Å². The first-order valence-corrected chi connectivity index (χ1v) is 13.5. The van der Waals surface area contributed by atoms with Crippen LogP contribution in [0.1, 0.15) is 47.9 Å². The van der Waals surface area contributed by atoms with Crippen molar-refractivity contribution in [1.82, 2.24) is 4.57 Å². The highest BCUT2D eigenvalue weighted by molar-refractivity contribution is 7.07. The van der Waals surface area contributed by atoms with E-state index in [1.165, 1.54) is 22.0 Å². The zero-order valence-corrected chi connectivity index (χ0v) is 23.5. The quantitative estimate of drug-likeness (QED) is 0.189. The number of thiazole rings is 1. The Hall–Kier alpha value is -4.57. The lowest BCUT2D eigenvalue weighted by atomic mass is 9.95. The topological polar surface area (TPSA) is 117 Å². The molecule has 204 valence electrons. The largest absolute Gasteiger partial charge is 0.463 e. The zero-order valence-electron chi connectivity index (χ0n) is 22.7. The first-order chi connectivity index (χ1) is 19.1. The van der Waals surface area contributed by atoms with Gasteiger partial charge in [0.25, 0.3) is 11.2 Å². The summed E-state index contributed by atoms with van der Waals surface area (Å²) in [5.74, 6) is 0.347. The molecule has 1 aliphatic rings. The first-order valence-electron chi connectivity index (χ1n) is 12.7. The second-order valence-corrected chi connectivity index (χ2v) is 10.6. The molecular formula is C30H27N3O6S. The SMILES string of the molecule is CCOC(=O)C1=C(C)N=c2s/c(=C\c3ccc(-c4cc(C)c(C)c([N+](=O)[O-])c4)o3)c(=O)n2[C@H]1c1ccc(C)cc1. The number of nitrogens with zero attached hydrogens (tertiary/aromatic N) is 3. The van der Waals surface area contributed by atoms with Crippen LogP contribution in [0, 0.1) is 30.9 Å². The summed E-state index contributed by atoms with van der Waals surface area (Å²) in [7, 11) is 0. The number of benzene rings is 2. The number of hydrogen-bond acceptors (Lipinski definition) is 8. The molecule has 0 radical (unpaired) electrons. The third-order valence-electron chi connectivity index (χ3n) is 6.93. The molecule has 0 bridgehead atoms. The number of fused-ring (bicyclic) bond motifs is 1. The van der Waals surface area contributed by atoms with Crippen molar-refractivity contribution >= 4 is 29.1 Å². The van der Waals surface area contributed by atoms with Gasteiger partial charge in [-0.2, -0.15) is 0 Å². The van der Waals surface area contributed by atoms with Gasteiger partial charge in [-0.05, 0) is 63.9 Å². The van der Waals surface area contributed by atoms with E-state index in [4.69, 9.17) is 9.15 Å². The highest BCUT2D eigenvalue weighted by Crippen LogP contribution is 2.32. The number of carbonyl (C=O) groups is 1. The molecule has 0 saturated heterocycles. The average Bonchev–Trinajstić information content (AvgIpc) is 3.49. The van der Waals surface area contributed by atoms with Gasteiger partial charge in [0.15, 0.2) is 4.80 Å². The van der Waals surface area contributed by atoms with Crippen molar-refractivity contribution in [3.8, 4) is 11.3 Å². The molecule has 0 N–H and O–H groups in total. The van der Waals surface area contributed by atoms with Gasteiger partial charge in [-0.15, -0.1) is 0 Å². The molecule has 0 spiro atoms. The molecule has 1 atom stereocenters. The Morgan fingerprint density at radius 2 is 1.88 bits per heavy atom. The molecule has 3 heterocycles. The fourth-order valence-electron chi connectivity index (χ4n) is 4.74. The maximum absolute atomic E-state index is 13.8.